The fourth-order valence-electron chi connectivity index (χ4n) is 1.05. The van der Waals surface area contributed by atoms with Crippen LogP contribution in [0.25, 0.3) is 0 Å². The van der Waals surface area contributed by atoms with Crippen molar-refractivity contribution in [1.29, 1.82) is 0 Å². The minimum atomic E-state index is 0.650. The quantitative estimate of drug-likeness (QED) is 0.592. The van der Waals surface area contributed by atoms with Crippen molar-refractivity contribution in [1.82, 2.24) is 9.84 Å². The topological polar surface area (TPSA) is 15.3 Å². The van der Waals surface area contributed by atoms with Crippen LogP contribution in [0.2, 0.25) is 0 Å². The highest BCUT2D eigenvalue weighted by Crippen LogP contribution is 2.30. The summed E-state index contributed by atoms with van der Waals surface area (Å²) < 4.78 is 2.53. The zero-order chi connectivity index (χ0) is 10.4. The van der Waals surface area contributed by atoms with Gasteiger partial charge in [-0.3, -0.25) is 4.41 Å². The number of rotatable bonds is 5. The lowest BCUT2D eigenvalue weighted by Crippen LogP contribution is -2.29. The molecule has 0 saturated heterocycles. The molecule has 0 bridgehead atoms. The second-order valence-electron chi connectivity index (χ2n) is 2.99. The Morgan fingerprint density at radius 3 is 2.86 bits per heavy atom. The van der Waals surface area contributed by atoms with Crippen molar-refractivity contribution in [2.45, 2.75) is 26.2 Å². The summed E-state index contributed by atoms with van der Waals surface area (Å²) in [6, 6.07) is 0. The number of nitrogens with zero attached hydrogens (tertiary/aromatic N) is 1. The van der Waals surface area contributed by atoms with Gasteiger partial charge in [-0.1, -0.05) is 43.0 Å². The van der Waals surface area contributed by atoms with E-state index in [2.05, 4.69) is 12.3 Å². The average molecular weight is 253 g/mol. The summed E-state index contributed by atoms with van der Waals surface area (Å²) in [6.07, 6.45) is 7.20. The molecule has 14 heavy (non-hydrogen) atoms. The molecule has 0 aromatic carbocycles. The first kappa shape index (κ1) is 12.2. The van der Waals surface area contributed by atoms with E-state index in [1.165, 1.54) is 31.2 Å². The molecule has 0 amide bonds. The summed E-state index contributed by atoms with van der Waals surface area (Å²) in [6.45, 7) is 3.14. The van der Waals surface area contributed by atoms with E-state index in [0.717, 1.165) is 6.54 Å². The number of hydrazine groups is 1. The van der Waals surface area contributed by atoms with Crippen molar-refractivity contribution in [2.75, 3.05) is 6.54 Å². The molecule has 1 aliphatic rings. The zero-order valence-corrected chi connectivity index (χ0v) is 10.4. The SMILES string of the molecule is CCCCCNN1C=C(Cl)C=C(Cl)S1. The number of hydrogen-bond acceptors (Lipinski definition) is 3. The Labute approximate surface area is 99.4 Å². The molecular weight excluding hydrogens is 239 g/mol. The highest BCUT2D eigenvalue weighted by atomic mass is 35.5. The normalized spacial score (nSPS) is 16.6. The lowest BCUT2D eigenvalue weighted by Gasteiger charge is -2.22. The predicted molar refractivity (Wildman–Crippen MR) is 64.8 cm³/mol. The minimum Gasteiger partial charge on any atom is -0.251 e. The molecule has 0 saturated carbocycles. The van der Waals surface area contributed by atoms with Gasteiger partial charge in [0.15, 0.2) is 0 Å². The van der Waals surface area contributed by atoms with Crippen molar-refractivity contribution in [2.24, 2.45) is 0 Å². The van der Waals surface area contributed by atoms with Crippen LogP contribution in [0.15, 0.2) is 21.7 Å². The molecule has 0 fully saturated rings. The fourth-order valence-corrected chi connectivity index (χ4v) is 2.46. The van der Waals surface area contributed by atoms with E-state index in [-0.39, 0.29) is 0 Å². The third-order valence-corrected chi connectivity index (χ3v) is 2.97. The predicted octanol–water partition coefficient (Wildman–Crippen LogP) is 3.81. The monoisotopic (exact) mass is 252 g/mol. The molecule has 2 nitrogen and oxygen atoms in total. The molecule has 0 aromatic heterocycles. The summed E-state index contributed by atoms with van der Waals surface area (Å²) in [5, 5.41) is 0.650. The van der Waals surface area contributed by atoms with Gasteiger partial charge in [0.05, 0.1) is 9.40 Å². The molecular formula is C9H14Cl2N2S. The fraction of sp³-hybridized carbons (Fsp3) is 0.556. The molecule has 1 N–H and O–H groups in total. The van der Waals surface area contributed by atoms with Crippen LogP contribution in [0.3, 0.4) is 0 Å². The Morgan fingerprint density at radius 2 is 2.21 bits per heavy atom. The molecule has 0 unspecified atom stereocenters. The maximum Gasteiger partial charge on any atom is 0.0974 e. The third-order valence-electron chi connectivity index (χ3n) is 1.73. The van der Waals surface area contributed by atoms with Crippen LogP contribution in [-0.2, 0) is 0 Å². The summed E-state index contributed by atoms with van der Waals surface area (Å²) in [5.74, 6) is 0. The summed E-state index contributed by atoms with van der Waals surface area (Å²) >= 11 is 13.2. The smallest absolute Gasteiger partial charge is 0.0974 e. The summed E-state index contributed by atoms with van der Waals surface area (Å²) in [4.78, 5) is 0. The van der Waals surface area contributed by atoms with Crippen LogP contribution < -0.4 is 5.43 Å². The van der Waals surface area contributed by atoms with E-state index < -0.39 is 0 Å². The maximum absolute atomic E-state index is 5.86. The minimum absolute atomic E-state index is 0.650. The lowest BCUT2D eigenvalue weighted by atomic mass is 10.2. The molecule has 0 aromatic rings. The van der Waals surface area contributed by atoms with Gasteiger partial charge >= 0.3 is 0 Å². The molecule has 0 atom stereocenters. The van der Waals surface area contributed by atoms with E-state index in [1.54, 1.807) is 6.08 Å². The van der Waals surface area contributed by atoms with Gasteiger partial charge in [-0.25, -0.2) is 5.43 Å². The molecule has 1 rings (SSSR count). The number of unbranched alkanes of at least 4 members (excludes halogenated alkanes) is 2. The molecule has 0 aliphatic carbocycles. The standard InChI is InChI=1S/C9H14Cl2N2S/c1-2-3-4-5-12-13-7-8(10)6-9(11)14-13/h6-7,12H,2-5H2,1H3. The van der Waals surface area contributed by atoms with Crippen LogP contribution >= 0.6 is 35.1 Å². The van der Waals surface area contributed by atoms with Crippen LogP contribution in [-0.4, -0.2) is 11.0 Å². The van der Waals surface area contributed by atoms with Gasteiger partial charge in [0.2, 0.25) is 0 Å². The number of halogens is 2. The Morgan fingerprint density at radius 1 is 1.43 bits per heavy atom. The van der Waals surface area contributed by atoms with E-state index in [9.17, 15) is 0 Å². The largest absolute Gasteiger partial charge is 0.251 e. The van der Waals surface area contributed by atoms with Gasteiger partial charge in [0.1, 0.15) is 0 Å². The van der Waals surface area contributed by atoms with Crippen LogP contribution in [0, 0.1) is 0 Å². The van der Waals surface area contributed by atoms with Crippen LogP contribution in [0.5, 0.6) is 0 Å². The van der Waals surface area contributed by atoms with Crippen molar-refractivity contribution in [3.05, 3.63) is 21.7 Å². The van der Waals surface area contributed by atoms with Gasteiger partial charge in [0.25, 0.3) is 0 Å². The molecule has 0 spiro atoms. The summed E-state index contributed by atoms with van der Waals surface area (Å²) in [7, 11) is 0. The Balaban J connectivity index is 2.23. The first-order valence-electron chi connectivity index (χ1n) is 4.67. The van der Waals surface area contributed by atoms with E-state index >= 15 is 0 Å². The lowest BCUT2D eigenvalue weighted by molar-refractivity contribution is 0.438. The average Bonchev–Trinajstić information content (AvgIpc) is 2.11. The van der Waals surface area contributed by atoms with Crippen molar-refractivity contribution < 1.29 is 0 Å². The van der Waals surface area contributed by atoms with Crippen LogP contribution in [0.1, 0.15) is 26.2 Å². The number of nitrogens with one attached hydrogen (secondary N) is 1. The molecule has 80 valence electrons. The second-order valence-corrected chi connectivity index (χ2v) is 5.08. The van der Waals surface area contributed by atoms with Gasteiger partial charge in [-0.05, 0) is 12.5 Å². The maximum atomic E-state index is 5.86. The first-order valence-corrected chi connectivity index (χ1v) is 6.20. The highest BCUT2D eigenvalue weighted by Gasteiger charge is 2.09. The van der Waals surface area contributed by atoms with Crippen molar-refractivity contribution >= 4 is 35.1 Å². The van der Waals surface area contributed by atoms with E-state index in [0.29, 0.717) is 9.40 Å². The third kappa shape index (κ3) is 4.60. The number of hydrogen-bond donors (Lipinski definition) is 1. The Bertz CT molecular complexity index is 241. The van der Waals surface area contributed by atoms with E-state index in [1.807, 2.05) is 10.6 Å². The highest BCUT2D eigenvalue weighted by molar-refractivity contribution is 8.02. The van der Waals surface area contributed by atoms with Gasteiger partial charge in [-0.15, -0.1) is 0 Å². The van der Waals surface area contributed by atoms with Crippen LogP contribution in [0.4, 0.5) is 0 Å². The first-order chi connectivity index (χ1) is 6.72. The molecule has 0 radical (unpaired) electrons. The van der Waals surface area contributed by atoms with Gasteiger partial charge < -0.3 is 0 Å². The molecule has 1 heterocycles. The second kappa shape index (κ2) is 6.62. The Hall–Kier alpha value is 0.170. The molecule has 5 heteroatoms. The van der Waals surface area contributed by atoms with Gasteiger partial charge in [-0.2, -0.15) is 0 Å². The van der Waals surface area contributed by atoms with Crippen molar-refractivity contribution in [3.63, 3.8) is 0 Å². The molecule has 1 aliphatic heterocycles. The number of allylic oxidation sites excluding steroid dienone is 2. The zero-order valence-electron chi connectivity index (χ0n) is 8.09. The summed E-state index contributed by atoms with van der Waals surface area (Å²) in [5.41, 5.74) is 3.23. The van der Waals surface area contributed by atoms with Gasteiger partial charge in [0, 0.05) is 24.7 Å². The Kier molecular flexibility index (Phi) is 5.78. The van der Waals surface area contributed by atoms with Crippen molar-refractivity contribution in [3.8, 4) is 0 Å². The van der Waals surface area contributed by atoms with E-state index in [4.69, 9.17) is 23.2 Å².